The minimum atomic E-state index is 0.232. The van der Waals surface area contributed by atoms with Gasteiger partial charge in [-0.25, -0.2) is 0 Å². The molecule has 6 heteroatoms. The van der Waals surface area contributed by atoms with E-state index in [1.54, 1.807) is 0 Å². The summed E-state index contributed by atoms with van der Waals surface area (Å²) >= 11 is 6.20. The molecule has 0 amide bonds. The van der Waals surface area contributed by atoms with Gasteiger partial charge in [-0.1, -0.05) is 37.6 Å². The predicted octanol–water partition coefficient (Wildman–Crippen LogP) is 6.04. The highest BCUT2D eigenvalue weighted by Crippen LogP contribution is 2.35. The number of rotatable bonds is 5. The molecule has 0 saturated heterocycles. The van der Waals surface area contributed by atoms with E-state index in [0.29, 0.717) is 22.4 Å². The summed E-state index contributed by atoms with van der Waals surface area (Å²) in [4.78, 5) is 8.25. The number of aryl methyl sites for hydroxylation is 2. The first-order chi connectivity index (χ1) is 12.8. The largest absolute Gasteiger partial charge is 0.437 e. The van der Waals surface area contributed by atoms with Crippen molar-refractivity contribution in [3.8, 4) is 23.3 Å². The Bertz CT molecular complexity index is 933. The molecule has 5 nitrogen and oxygen atoms in total. The van der Waals surface area contributed by atoms with Gasteiger partial charge in [0.1, 0.15) is 17.8 Å². The monoisotopic (exact) mass is 383 g/mol. The topological polar surface area (TPSA) is 70.3 Å². The van der Waals surface area contributed by atoms with Gasteiger partial charge in [0.2, 0.25) is 11.8 Å². The van der Waals surface area contributed by atoms with E-state index in [2.05, 4.69) is 23.8 Å². The second-order valence-corrected chi connectivity index (χ2v) is 7.07. The first-order valence-electron chi connectivity index (χ1n) is 8.68. The molecule has 0 radical (unpaired) electrons. The Kier molecular flexibility index (Phi) is 5.51. The van der Waals surface area contributed by atoms with Gasteiger partial charge in [-0.15, -0.1) is 0 Å². The number of halogens is 1. The number of hydrogen-bond donors (Lipinski definition) is 1. The fourth-order valence-electron chi connectivity index (χ4n) is 2.64. The zero-order valence-electron chi connectivity index (χ0n) is 15.8. The van der Waals surface area contributed by atoms with Gasteiger partial charge in [0.05, 0.1) is 0 Å². The lowest BCUT2D eigenvalue weighted by Crippen LogP contribution is -2.01. The van der Waals surface area contributed by atoms with Crippen LogP contribution in [0.1, 0.15) is 36.5 Å². The Morgan fingerprint density at radius 1 is 0.889 bits per heavy atom. The van der Waals surface area contributed by atoms with Crippen molar-refractivity contribution in [2.75, 3.05) is 5.73 Å². The summed E-state index contributed by atoms with van der Waals surface area (Å²) in [6.45, 7) is 8.12. The molecule has 1 heterocycles. The maximum atomic E-state index is 6.20. The minimum absolute atomic E-state index is 0.232. The Morgan fingerprint density at radius 2 is 1.41 bits per heavy atom. The van der Waals surface area contributed by atoms with Gasteiger partial charge < -0.3 is 15.2 Å². The average molecular weight is 384 g/mol. The molecule has 0 saturated carbocycles. The van der Waals surface area contributed by atoms with Gasteiger partial charge in [0.15, 0.2) is 5.69 Å². The van der Waals surface area contributed by atoms with Gasteiger partial charge in [-0.05, 0) is 60.7 Å². The molecular weight excluding hydrogens is 362 g/mol. The number of benzene rings is 2. The Morgan fingerprint density at radius 3 is 1.93 bits per heavy atom. The molecule has 3 rings (SSSR count). The van der Waals surface area contributed by atoms with E-state index >= 15 is 0 Å². The van der Waals surface area contributed by atoms with Crippen LogP contribution in [0.25, 0.3) is 0 Å². The zero-order valence-corrected chi connectivity index (χ0v) is 16.5. The molecule has 0 unspecified atom stereocenters. The molecule has 0 atom stereocenters. The number of nitrogen functional groups attached to an aromatic ring is 1. The highest BCUT2D eigenvalue weighted by molar-refractivity contribution is 6.32. The summed E-state index contributed by atoms with van der Waals surface area (Å²) in [7, 11) is 0. The van der Waals surface area contributed by atoms with Crippen molar-refractivity contribution in [2.24, 2.45) is 0 Å². The predicted molar refractivity (Wildman–Crippen MR) is 108 cm³/mol. The molecule has 0 fully saturated rings. The Hall–Kier alpha value is -2.79. The third kappa shape index (κ3) is 4.31. The second-order valence-electron chi connectivity index (χ2n) is 6.70. The number of hydrogen-bond acceptors (Lipinski definition) is 5. The van der Waals surface area contributed by atoms with Crippen LogP contribution >= 0.6 is 11.6 Å². The lowest BCUT2D eigenvalue weighted by molar-refractivity contribution is 0.438. The molecule has 0 bridgehead atoms. The smallest absolute Gasteiger partial charge is 0.249 e. The first kappa shape index (κ1) is 19.0. The van der Waals surface area contributed by atoms with Crippen molar-refractivity contribution >= 4 is 17.3 Å². The number of anilines is 1. The van der Waals surface area contributed by atoms with Crippen LogP contribution in [-0.4, -0.2) is 9.97 Å². The maximum Gasteiger partial charge on any atom is 0.249 e. The third-order valence-corrected chi connectivity index (χ3v) is 4.79. The van der Waals surface area contributed by atoms with Gasteiger partial charge in [-0.3, -0.25) is 0 Å². The molecule has 0 aliphatic rings. The van der Waals surface area contributed by atoms with Crippen molar-refractivity contribution in [1.82, 2.24) is 9.97 Å². The van der Waals surface area contributed by atoms with Crippen LogP contribution in [0.4, 0.5) is 5.69 Å². The normalized spacial score (nSPS) is 10.9. The lowest BCUT2D eigenvalue weighted by atomic mass is 10.0. The van der Waals surface area contributed by atoms with E-state index in [1.165, 1.54) is 11.9 Å². The average Bonchev–Trinajstić information content (AvgIpc) is 2.63. The maximum absolute atomic E-state index is 6.20. The zero-order chi connectivity index (χ0) is 19.6. The lowest BCUT2D eigenvalue weighted by Gasteiger charge is -2.13. The second kappa shape index (κ2) is 7.84. The van der Waals surface area contributed by atoms with E-state index in [1.807, 2.05) is 50.2 Å². The van der Waals surface area contributed by atoms with Crippen LogP contribution in [0.2, 0.25) is 5.02 Å². The third-order valence-electron chi connectivity index (χ3n) is 4.20. The SMILES string of the molecule is Cc1cc(Oc2ncnc(Oc3ccc(C(C)C)cc3)c2N)cc(C)c1Cl. The summed E-state index contributed by atoms with van der Waals surface area (Å²) < 4.78 is 11.7. The fourth-order valence-corrected chi connectivity index (χ4v) is 2.75. The van der Waals surface area contributed by atoms with Gasteiger partial charge >= 0.3 is 0 Å². The minimum Gasteiger partial charge on any atom is -0.437 e. The summed E-state index contributed by atoms with van der Waals surface area (Å²) in [6.07, 6.45) is 1.36. The van der Waals surface area contributed by atoms with Crippen LogP contribution < -0.4 is 15.2 Å². The first-order valence-corrected chi connectivity index (χ1v) is 9.06. The Labute approximate surface area is 164 Å². The molecule has 3 aromatic rings. The van der Waals surface area contributed by atoms with Crippen LogP contribution in [0.5, 0.6) is 23.3 Å². The summed E-state index contributed by atoms with van der Waals surface area (Å²) in [5, 5.41) is 0.715. The van der Waals surface area contributed by atoms with Crippen molar-refractivity contribution < 1.29 is 9.47 Å². The van der Waals surface area contributed by atoms with E-state index in [0.717, 1.165) is 11.1 Å². The molecular formula is C21H22ClN3O2. The fraction of sp³-hybridized carbons (Fsp3) is 0.238. The van der Waals surface area contributed by atoms with Crippen molar-refractivity contribution in [1.29, 1.82) is 0 Å². The molecule has 140 valence electrons. The summed E-state index contributed by atoms with van der Waals surface area (Å²) in [5.74, 6) is 2.19. The Balaban J connectivity index is 1.83. The highest BCUT2D eigenvalue weighted by Gasteiger charge is 2.14. The molecule has 0 aliphatic carbocycles. The molecule has 0 spiro atoms. The van der Waals surface area contributed by atoms with Crippen LogP contribution in [0.3, 0.4) is 0 Å². The molecule has 0 aliphatic heterocycles. The number of aromatic nitrogens is 2. The van der Waals surface area contributed by atoms with E-state index in [9.17, 15) is 0 Å². The molecule has 1 aromatic heterocycles. The number of nitrogens with zero attached hydrogens (tertiary/aromatic N) is 2. The molecule has 2 aromatic carbocycles. The van der Waals surface area contributed by atoms with Crippen molar-refractivity contribution in [2.45, 2.75) is 33.6 Å². The standard InChI is InChI=1S/C21H22ClN3O2/c1-12(2)15-5-7-16(8-6-15)26-20-19(23)21(25-11-24-20)27-17-9-13(3)18(22)14(4)10-17/h5-12H,23H2,1-4H3. The van der Waals surface area contributed by atoms with Crippen molar-refractivity contribution in [3.63, 3.8) is 0 Å². The summed E-state index contributed by atoms with van der Waals surface area (Å²) in [5.41, 5.74) is 9.46. The molecule has 27 heavy (non-hydrogen) atoms. The van der Waals surface area contributed by atoms with Gasteiger partial charge in [-0.2, -0.15) is 9.97 Å². The van der Waals surface area contributed by atoms with E-state index in [4.69, 9.17) is 26.8 Å². The quantitative estimate of drug-likeness (QED) is 0.581. The van der Waals surface area contributed by atoms with Crippen LogP contribution in [0, 0.1) is 13.8 Å². The van der Waals surface area contributed by atoms with E-state index in [-0.39, 0.29) is 17.4 Å². The van der Waals surface area contributed by atoms with Gasteiger partial charge in [0.25, 0.3) is 0 Å². The number of nitrogens with two attached hydrogens (primary N) is 1. The summed E-state index contributed by atoms with van der Waals surface area (Å²) in [6, 6.07) is 11.5. The van der Waals surface area contributed by atoms with E-state index < -0.39 is 0 Å². The van der Waals surface area contributed by atoms with Crippen LogP contribution in [-0.2, 0) is 0 Å². The highest BCUT2D eigenvalue weighted by atomic mass is 35.5. The number of ether oxygens (including phenoxy) is 2. The van der Waals surface area contributed by atoms with Crippen LogP contribution in [0.15, 0.2) is 42.7 Å². The van der Waals surface area contributed by atoms with Crippen molar-refractivity contribution in [3.05, 3.63) is 64.4 Å². The molecule has 2 N–H and O–H groups in total. The van der Waals surface area contributed by atoms with Gasteiger partial charge in [0, 0.05) is 5.02 Å².